The molecule has 0 atom stereocenters. The fourth-order valence-corrected chi connectivity index (χ4v) is 6.64. The molecule has 4 aromatic rings. The van der Waals surface area contributed by atoms with Gasteiger partial charge in [-0.2, -0.15) is 14.4 Å². The SMILES string of the molecule is CCN(c1nc(Nc2ccc3c(c2)S(=O)(=O)N(CC2CCC2)C3)ncc1F)c1cccc2[nH]ncc12. The van der Waals surface area contributed by atoms with E-state index in [4.69, 9.17) is 0 Å². The molecule has 0 bridgehead atoms. The summed E-state index contributed by atoms with van der Waals surface area (Å²) >= 11 is 0. The Morgan fingerprint density at radius 1 is 1.22 bits per heavy atom. The number of fused-ring (bicyclic) bond motifs is 2. The highest BCUT2D eigenvalue weighted by atomic mass is 32.2. The molecule has 9 nitrogen and oxygen atoms in total. The first-order chi connectivity index (χ1) is 17.4. The number of aromatic amines is 1. The maximum Gasteiger partial charge on any atom is 0.243 e. The van der Waals surface area contributed by atoms with Crippen LogP contribution < -0.4 is 10.2 Å². The molecule has 6 rings (SSSR count). The fourth-order valence-electron chi connectivity index (χ4n) is 4.90. The van der Waals surface area contributed by atoms with Crippen LogP contribution in [0.15, 0.2) is 53.7 Å². The number of anilines is 4. The summed E-state index contributed by atoms with van der Waals surface area (Å²) in [6.07, 6.45) is 6.16. The van der Waals surface area contributed by atoms with E-state index in [1.165, 1.54) is 6.42 Å². The predicted octanol–water partition coefficient (Wildman–Crippen LogP) is 4.70. The number of rotatable bonds is 7. The van der Waals surface area contributed by atoms with Crippen molar-refractivity contribution in [3.05, 3.63) is 60.2 Å². The van der Waals surface area contributed by atoms with Gasteiger partial charge in [-0.05, 0) is 55.5 Å². The van der Waals surface area contributed by atoms with Crippen LogP contribution >= 0.6 is 0 Å². The average Bonchev–Trinajstić information content (AvgIpc) is 3.42. The largest absolute Gasteiger partial charge is 0.324 e. The van der Waals surface area contributed by atoms with Crippen LogP contribution in [0.2, 0.25) is 0 Å². The smallest absolute Gasteiger partial charge is 0.243 e. The molecule has 2 aromatic carbocycles. The molecule has 0 spiro atoms. The Hall–Kier alpha value is -3.57. The van der Waals surface area contributed by atoms with Gasteiger partial charge in [-0.1, -0.05) is 18.6 Å². The van der Waals surface area contributed by atoms with Gasteiger partial charge in [-0.3, -0.25) is 5.10 Å². The predicted molar refractivity (Wildman–Crippen MR) is 135 cm³/mol. The van der Waals surface area contributed by atoms with Crippen molar-refractivity contribution in [3.8, 4) is 0 Å². The third kappa shape index (κ3) is 3.88. The van der Waals surface area contributed by atoms with Crippen molar-refractivity contribution in [2.24, 2.45) is 5.92 Å². The molecule has 36 heavy (non-hydrogen) atoms. The van der Waals surface area contributed by atoms with E-state index < -0.39 is 15.8 Å². The Labute approximate surface area is 208 Å². The van der Waals surface area contributed by atoms with Gasteiger partial charge in [-0.15, -0.1) is 0 Å². The molecule has 0 unspecified atom stereocenters. The minimum atomic E-state index is -3.54. The number of nitrogens with zero attached hydrogens (tertiary/aromatic N) is 5. The topological polar surface area (TPSA) is 107 Å². The number of benzene rings is 2. The van der Waals surface area contributed by atoms with Crippen molar-refractivity contribution in [2.45, 2.75) is 37.6 Å². The van der Waals surface area contributed by atoms with E-state index in [0.717, 1.165) is 41.2 Å². The number of sulfonamides is 1. The molecule has 2 aliphatic rings. The van der Waals surface area contributed by atoms with Crippen molar-refractivity contribution in [3.63, 3.8) is 0 Å². The Morgan fingerprint density at radius 3 is 2.86 bits per heavy atom. The summed E-state index contributed by atoms with van der Waals surface area (Å²) in [6, 6.07) is 10.9. The quantitative estimate of drug-likeness (QED) is 0.373. The van der Waals surface area contributed by atoms with Crippen LogP contribution in [0, 0.1) is 11.7 Å². The van der Waals surface area contributed by atoms with Crippen LogP contribution in [0.4, 0.5) is 27.5 Å². The Bertz CT molecular complexity index is 1550. The molecule has 3 heterocycles. The van der Waals surface area contributed by atoms with Gasteiger partial charge in [-0.25, -0.2) is 17.8 Å². The molecule has 0 radical (unpaired) electrons. The van der Waals surface area contributed by atoms with Crippen LogP contribution in [0.5, 0.6) is 0 Å². The lowest BCUT2D eigenvalue weighted by atomic mass is 9.85. The third-order valence-electron chi connectivity index (χ3n) is 7.02. The first kappa shape index (κ1) is 22.9. The number of aromatic nitrogens is 4. The number of nitrogens with one attached hydrogen (secondary N) is 2. The summed E-state index contributed by atoms with van der Waals surface area (Å²) in [4.78, 5) is 10.6. The number of hydrogen-bond donors (Lipinski definition) is 2. The van der Waals surface area contributed by atoms with Crippen molar-refractivity contribution < 1.29 is 12.8 Å². The summed E-state index contributed by atoms with van der Waals surface area (Å²) in [5.41, 5.74) is 2.92. The molecule has 1 aliphatic carbocycles. The van der Waals surface area contributed by atoms with Crippen molar-refractivity contribution in [1.29, 1.82) is 0 Å². The summed E-state index contributed by atoms with van der Waals surface area (Å²) in [7, 11) is -3.54. The summed E-state index contributed by atoms with van der Waals surface area (Å²) < 4.78 is 42.8. The monoisotopic (exact) mass is 507 g/mol. The van der Waals surface area contributed by atoms with Gasteiger partial charge in [0.25, 0.3) is 0 Å². The molecular formula is C25H26FN7O2S. The van der Waals surface area contributed by atoms with E-state index in [0.29, 0.717) is 36.1 Å². The normalized spacial score (nSPS) is 17.2. The summed E-state index contributed by atoms with van der Waals surface area (Å²) in [5.74, 6) is 0.174. The highest BCUT2D eigenvalue weighted by Gasteiger charge is 2.37. The van der Waals surface area contributed by atoms with Crippen LogP contribution in [-0.2, 0) is 16.6 Å². The van der Waals surface area contributed by atoms with Crippen LogP contribution in [0.1, 0.15) is 31.7 Å². The summed E-state index contributed by atoms with van der Waals surface area (Å²) in [6.45, 7) is 3.34. The molecule has 11 heteroatoms. The van der Waals surface area contributed by atoms with E-state index >= 15 is 0 Å². The first-order valence-corrected chi connectivity index (χ1v) is 13.5. The molecule has 0 amide bonds. The lowest BCUT2D eigenvalue weighted by molar-refractivity contribution is 0.246. The van der Waals surface area contributed by atoms with Gasteiger partial charge < -0.3 is 10.2 Å². The zero-order valence-electron chi connectivity index (χ0n) is 19.8. The molecule has 2 aromatic heterocycles. The molecule has 1 aliphatic heterocycles. The molecule has 0 saturated heterocycles. The van der Waals surface area contributed by atoms with Gasteiger partial charge in [0.1, 0.15) is 0 Å². The molecule has 1 fully saturated rings. The lowest BCUT2D eigenvalue weighted by Crippen LogP contribution is -2.32. The maximum absolute atomic E-state index is 14.9. The average molecular weight is 508 g/mol. The highest BCUT2D eigenvalue weighted by molar-refractivity contribution is 7.89. The third-order valence-corrected chi connectivity index (χ3v) is 8.92. The number of halogens is 1. The van der Waals surface area contributed by atoms with Crippen LogP contribution in [-0.4, -0.2) is 46.0 Å². The molecule has 2 N–H and O–H groups in total. The van der Waals surface area contributed by atoms with Gasteiger partial charge in [0.2, 0.25) is 16.0 Å². The Balaban J connectivity index is 1.29. The molecule has 1 saturated carbocycles. The van der Waals surface area contributed by atoms with Crippen LogP contribution in [0.3, 0.4) is 0 Å². The van der Waals surface area contributed by atoms with Gasteiger partial charge in [0.05, 0.1) is 28.5 Å². The fraction of sp³-hybridized carbons (Fsp3) is 0.320. The molecular weight excluding hydrogens is 481 g/mol. The zero-order chi connectivity index (χ0) is 24.9. The van der Waals surface area contributed by atoms with E-state index in [9.17, 15) is 12.8 Å². The first-order valence-electron chi connectivity index (χ1n) is 12.1. The van der Waals surface area contributed by atoms with Crippen molar-refractivity contribution >= 4 is 44.1 Å². The van der Waals surface area contributed by atoms with Crippen molar-refractivity contribution in [1.82, 2.24) is 24.5 Å². The maximum atomic E-state index is 14.9. The lowest BCUT2D eigenvalue weighted by Gasteiger charge is -2.29. The Kier molecular flexibility index (Phi) is 5.60. The standard InChI is InChI=1S/C25H26FN7O2S/c1-2-33(22-8-4-7-21-19(22)12-28-31-21)24-20(26)13-27-25(30-24)29-18-10-9-17-15-32(14-16-5-3-6-16)36(34,35)23(17)11-18/h4,7-13,16H,2-3,5-6,14-15H2,1H3,(H,28,31)(H,27,29,30). The highest BCUT2D eigenvalue weighted by Crippen LogP contribution is 2.37. The number of H-pyrrole nitrogens is 1. The minimum Gasteiger partial charge on any atom is -0.324 e. The zero-order valence-corrected chi connectivity index (χ0v) is 20.6. The van der Waals surface area contributed by atoms with Gasteiger partial charge in [0, 0.05) is 30.7 Å². The van der Waals surface area contributed by atoms with E-state index in [1.807, 2.05) is 31.2 Å². The second kappa shape index (κ2) is 8.82. The Morgan fingerprint density at radius 2 is 2.08 bits per heavy atom. The van der Waals surface area contributed by atoms with E-state index in [-0.39, 0.29) is 11.8 Å². The van der Waals surface area contributed by atoms with Crippen LogP contribution in [0.25, 0.3) is 10.9 Å². The molecule has 186 valence electrons. The summed E-state index contributed by atoms with van der Waals surface area (Å²) in [5, 5.41) is 10.9. The number of hydrogen-bond acceptors (Lipinski definition) is 7. The van der Waals surface area contributed by atoms with E-state index in [2.05, 4.69) is 25.5 Å². The second-order valence-corrected chi connectivity index (χ2v) is 11.2. The van der Waals surface area contributed by atoms with E-state index in [1.54, 1.807) is 27.5 Å². The van der Waals surface area contributed by atoms with Gasteiger partial charge in [0.15, 0.2) is 11.6 Å². The second-order valence-electron chi connectivity index (χ2n) is 9.26. The van der Waals surface area contributed by atoms with Crippen molar-refractivity contribution in [2.75, 3.05) is 23.3 Å². The minimum absolute atomic E-state index is 0.115. The van der Waals surface area contributed by atoms with Gasteiger partial charge >= 0.3 is 0 Å².